The highest BCUT2D eigenvalue weighted by atomic mass is 19.4. The first-order chi connectivity index (χ1) is 17.8. The number of hydrogen-bond donors (Lipinski definition) is 2. The van der Waals surface area contributed by atoms with Crippen LogP contribution in [0.1, 0.15) is 61.0 Å². The molecule has 2 fully saturated rings. The average Bonchev–Trinajstić information content (AvgIpc) is 3.15. The summed E-state index contributed by atoms with van der Waals surface area (Å²) in [6, 6.07) is 9.55. The van der Waals surface area contributed by atoms with Gasteiger partial charge in [0.2, 0.25) is 5.91 Å². The summed E-state index contributed by atoms with van der Waals surface area (Å²) in [6.45, 7) is 1.48. The molecule has 2 heterocycles. The van der Waals surface area contributed by atoms with Gasteiger partial charge in [-0.25, -0.2) is 0 Å². The molecule has 6 nitrogen and oxygen atoms in total. The third-order valence-corrected chi connectivity index (χ3v) is 7.35. The van der Waals surface area contributed by atoms with Crippen molar-refractivity contribution in [2.24, 2.45) is 5.18 Å². The summed E-state index contributed by atoms with van der Waals surface area (Å²) < 4.78 is 86.2. The Labute approximate surface area is 215 Å². The minimum absolute atomic E-state index is 0.0736. The van der Waals surface area contributed by atoms with Crippen LogP contribution in [-0.4, -0.2) is 30.6 Å². The van der Waals surface area contributed by atoms with Crippen molar-refractivity contribution in [3.05, 3.63) is 75.7 Å². The molecular weight excluding hydrogens is 516 g/mol. The van der Waals surface area contributed by atoms with E-state index in [-0.39, 0.29) is 37.1 Å². The van der Waals surface area contributed by atoms with E-state index in [1.165, 1.54) is 6.92 Å². The molecule has 12 heteroatoms. The van der Waals surface area contributed by atoms with Crippen LogP contribution in [0.3, 0.4) is 0 Å². The van der Waals surface area contributed by atoms with Gasteiger partial charge in [-0.05, 0) is 55.5 Å². The van der Waals surface area contributed by atoms with E-state index < -0.39 is 46.7 Å². The predicted molar refractivity (Wildman–Crippen MR) is 126 cm³/mol. The first-order valence-electron chi connectivity index (χ1n) is 12.1. The van der Waals surface area contributed by atoms with Crippen molar-refractivity contribution in [2.75, 3.05) is 13.2 Å². The predicted octanol–water partition coefficient (Wildman–Crippen LogP) is 5.86. The number of amides is 1. The van der Waals surface area contributed by atoms with E-state index in [9.17, 15) is 36.0 Å². The van der Waals surface area contributed by atoms with Crippen molar-refractivity contribution in [3.8, 4) is 0 Å². The lowest BCUT2D eigenvalue weighted by Crippen LogP contribution is -2.54. The molecule has 38 heavy (non-hydrogen) atoms. The van der Waals surface area contributed by atoms with Crippen LogP contribution in [0.4, 0.5) is 26.3 Å². The Morgan fingerprint density at radius 2 is 1.66 bits per heavy atom. The third kappa shape index (κ3) is 6.01. The molecular formula is C26H27F6N3O3. The number of nitrogens with one attached hydrogen (secondary N) is 2. The van der Waals surface area contributed by atoms with Gasteiger partial charge in [0, 0.05) is 13.0 Å². The molecule has 1 amide bonds. The van der Waals surface area contributed by atoms with Crippen molar-refractivity contribution in [2.45, 2.75) is 68.2 Å². The van der Waals surface area contributed by atoms with Crippen LogP contribution in [0.25, 0.3) is 0 Å². The molecule has 2 aromatic rings. The Morgan fingerprint density at radius 3 is 2.18 bits per heavy atom. The van der Waals surface area contributed by atoms with Gasteiger partial charge in [-0.15, -0.1) is 0 Å². The van der Waals surface area contributed by atoms with Crippen LogP contribution in [0, 0.1) is 4.91 Å². The number of nitroso groups, excluding NO2 is 1. The summed E-state index contributed by atoms with van der Waals surface area (Å²) in [5, 5.41) is 9.64. The zero-order valence-electron chi connectivity index (χ0n) is 20.5. The van der Waals surface area contributed by atoms with Gasteiger partial charge in [-0.2, -0.15) is 31.2 Å². The summed E-state index contributed by atoms with van der Waals surface area (Å²) in [4.78, 5) is 23.8. The zero-order valence-corrected chi connectivity index (χ0v) is 20.5. The number of alkyl halides is 6. The van der Waals surface area contributed by atoms with E-state index in [1.807, 2.05) is 0 Å². The summed E-state index contributed by atoms with van der Waals surface area (Å²) in [5.74, 6) is -0.140. The van der Waals surface area contributed by atoms with E-state index in [4.69, 9.17) is 4.74 Å². The minimum atomic E-state index is -4.98. The number of hydrogen-bond acceptors (Lipinski definition) is 5. The molecule has 206 valence electrons. The molecule has 1 unspecified atom stereocenters. The van der Waals surface area contributed by atoms with E-state index in [2.05, 4.69) is 15.8 Å². The standard InChI is InChI=1S/C26H27F6N3O3/c1-16(17-9-19(25(27,28)29)11-20(10-17)26(30,31)32)38-15-24(18-5-3-2-4-6-18)13-21(35-37)12-23(14-33-24)8-7-22(36)34-23/h2-6,9-11,16,21,33H,7-8,12-15H2,1H3,(H,34,36)/t16-,21?,23-,24-/m1/s1. The molecule has 0 aliphatic carbocycles. The molecule has 2 aliphatic rings. The molecule has 0 bridgehead atoms. The van der Waals surface area contributed by atoms with E-state index in [0.29, 0.717) is 37.0 Å². The second-order valence-electron chi connectivity index (χ2n) is 10.1. The van der Waals surface area contributed by atoms with Crippen LogP contribution in [0.5, 0.6) is 0 Å². The smallest absolute Gasteiger partial charge is 0.372 e. The number of rotatable bonds is 6. The van der Waals surface area contributed by atoms with Crippen molar-refractivity contribution in [3.63, 3.8) is 0 Å². The molecule has 2 N–H and O–H groups in total. The maximum Gasteiger partial charge on any atom is 0.416 e. The van der Waals surface area contributed by atoms with Gasteiger partial charge in [0.05, 0.1) is 41.0 Å². The fourth-order valence-electron chi connectivity index (χ4n) is 5.29. The van der Waals surface area contributed by atoms with Crippen LogP contribution >= 0.6 is 0 Å². The number of nitrogens with zero attached hydrogens (tertiary/aromatic N) is 1. The van der Waals surface area contributed by atoms with E-state index >= 15 is 0 Å². The maximum absolute atomic E-state index is 13.4. The van der Waals surface area contributed by atoms with Crippen LogP contribution in [0.2, 0.25) is 0 Å². The van der Waals surface area contributed by atoms with Gasteiger partial charge in [0.25, 0.3) is 0 Å². The second kappa shape index (κ2) is 10.3. The van der Waals surface area contributed by atoms with Crippen molar-refractivity contribution >= 4 is 5.91 Å². The number of halogens is 6. The fraction of sp³-hybridized carbons (Fsp3) is 0.500. The Hall–Kier alpha value is -2.99. The summed E-state index contributed by atoms with van der Waals surface area (Å²) in [7, 11) is 0. The van der Waals surface area contributed by atoms with Gasteiger partial charge >= 0.3 is 12.4 Å². The monoisotopic (exact) mass is 543 g/mol. The molecule has 2 aromatic carbocycles. The second-order valence-corrected chi connectivity index (χ2v) is 10.1. The van der Waals surface area contributed by atoms with Gasteiger partial charge in [-0.1, -0.05) is 35.5 Å². The lowest BCUT2D eigenvalue weighted by Gasteiger charge is -2.37. The Bertz CT molecular complexity index is 1140. The Balaban J connectivity index is 1.66. The quantitative estimate of drug-likeness (QED) is 0.353. The van der Waals surface area contributed by atoms with Gasteiger partial charge < -0.3 is 15.4 Å². The molecule has 1 spiro atoms. The highest BCUT2D eigenvalue weighted by Crippen LogP contribution is 2.40. The fourth-order valence-corrected chi connectivity index (χ4v) is 5.29. The van der Waals surface area contributed by atoms with Gasteiger partial charge in [0.15, 0.2) is 0 Å². The first-order valence-corrected chi connectivity index (χ1v) is 12.1. The topological polar surface area (TPSA) is 79.8 Å². The van der Waals surface area contributed by atoms with E-state index in [0.717, 1.165) is 0 Å². The van der Waals surface area contributed by atoms with Crippen LogP contribution in [-0.2, 0) is 27.4 Å². The van der Waals surface area contributed by atoms with Crippen molar-refractivity contribution in [1.82, 2.24) is 10.6 Å². The first kappa shape index (κ1) is 28.0. The molecule has 0 aromatic heterocycles. The highest BCUT2D eigenvalue weighted by molar-refractivity contribution is 5.79. The SMILES string of the molecule is C[C@@H](OC[C@@]1(c2ccccc2)CC(N=O)C[C@]2(CCC(=O)N2)CN1)c1cc(C(F)(F)F)cc(C(F)(F)F)c1. The lowest BCUT2D eigenvalue weighted by molar-refractivity contribution is -0.143. The average molecular weight is 544 g/mol. The van der Waals surface area contributed by atoms with Gasteiger partial charge in [-0.3, -0.25) is 4.79 Å². The Kier molecular flexibility index (Phi) is 7.59. The van der Waals surface area contributed by atoms with E-state index in [1.54, 1.807) is 30.3 Å². The molecule has 0 radical (unpaired) electrons. The molecule has 0 saturated carbocycles. The van der Waals surface area contributed by atoms with Crippen molar-refractivity contribution < 1.29 is 35.9 Å². The largest absolute Gasteiger partial charge is 0.416 e. The van der Waals surface area contributed by atoms with Crippen LogP contribution < -0.4 is 10.6 Å². The number of ether oxygens (including phenoxy) is 1. The van der Waals surface area contributed by atoms with Gasteiger partial charge in [0.1, 0.15) is 0 Å². The summed E-state index contributed by atoms with van der Waals surface area (Å²) in [5.41, 5.74) is -4.16. The number of carbonyl (C=O) groups excluding carboxylic acids is 1. The Morgan fingerprint density at radius 1 is 1.03 bits per heavy atom. The summed E-state index contributed by atoms with van der Waals surface area (Å²) >= 11 is 0. The van der Waals surface area contributed by atoms with Crippen LogP contribution in [0.15, 0.2) is 53.7 Å². The third-order valence-electron chi connectivity index (χ3n) is 7.35. The molecule has 2 aliphatic heterocycles. The highest BCUT2D eigenvalue weighted by Gasteiger charge is 2.48. The van der Waals surface area contributed by atoms with Crippen molar-refractivity contribution in [1.29, 1.82) is 0 Å². The number of carbonyl (C=O) groups is 1. The summed E-state index contributed by atoms with van der Waals surface area (Å²) in [6.07, 6.45) is -9.86. The lowest BCUT2D eigenvalue weighted by atomic mass is 9.83. The normalized spacial score (nSPS) is 27.1. The number of benzene rings is 2. The zero-order chi connectivity index (χ0) is 27.8. The molecule has 4 rings (SSSR count). The molecule has 4 atom stereocenters. The minimum Gasteiger partial charge on any atom is -0.372 e. The molecule has 2 saturated heterocycles. The maximum atomic E-state index is 13.4.